The van der Waals surface area contributed by atoms with Gasteiger partial charge in [0.25, 0.3) is 5.91 Å². The molecule has 2 aromatic rings. The Balaban J connectivity index is 1.97. The van der Waals surface area contributed by atoms with E-state index in [-0.39, 0.29) is 23.3 Å². The van der Waals surface area contributed by atoms with Gasteiger partial charge in [-0.25, -0.2) is 4.39 Å². The number of hydrogen-bond acceptors (Lipinski definition) is 2. The number of carbonyl (C=O) groups is 1. The van der Waals surface area contributed by atoms with Gasteiger partial charge in [-0.2, -0.15) is 0 Å². The van der Waals surface area contributed by atoms with E-state index >= 15 is 0 Å². The van der Waals surface area contributed by atoms with Crippen LogP contribution in [0, 0.1) is 5.82 Å². The molecule has 2 N–H and O–H groups in total. The highest BCUT2D eigenvalue weighted by molar-refractivity contribution is 5.94. The lowest BCUT2D eigenvalue weighted by Crippen LogP contribution is -2.34. The van der Waals surface area contributed by atoms with E-state index in [1.807, 2.05) is 6.92 Å². The van der Waals surface area contributed by atoms with Gasteiger partial charge in [0.05, 0.1) is 0 Å². The highest BCUT2D eigenvalue weighted by atomic mass is 19.1. The number of carbonyl (C=O) groups excluding carboxylic acids is 1. The first-order valence-electron chi connectivity index (χ1n) is 6.28. The molecule has 0 aliphatic heterocycles. The summed E-state index contributed by atoms with van der Waals surface area (Å²) in [5.74, 6) is -0.584. The Bertz CT molecular complexity index is 649. The van der Waals surface area contributed by atoms with Crippen LogP contribution < -0.4 is 10.9 Å². The summed E-state index contributed by atoms with van der Waals surface area (Å²) in [6.45, 7) is 1.86. The lowest BCUT2D eigenvalue weighted by Gasteiger charge is -2.14. The van der Waals surface area contributed by atoms with Gasteiger partial charge in [-0.05, 0) is 37.1 Å². The van der Waals surface area contributed by atoms with Gasteiger partial charge in [0.15, 0.2) is 0 Å². The number of H-pyrrole nitrogens is 1. The van der Waals surface area contributed by atoms with Crippen molar-refractivity contribution < 1.29 is 9.18 Å². The molecule has 1 amide bonds. The maximum Gasteiger partial charge on any atom is 0.251 e. The number of amides is 1. The van der Waals surface area contributed by atoms with Gasteiger partial charge >= 0.3 is 0 Å². The molecule has 1 atom stereocenters. The SMILES string of the molecule is CC(Cc1ccc(F)cc1)NC(=O)c1cc[nH]c(=O)c1. The topological polar surface area (TPSA) is 62.0 Å². The summed E-state index contributed by atoms with van der Waals surface area (Å²) in [5, 5.41) is 2.80. The third-order valence-corrected chi connectivity index (χ3v) is 2.87. The second kappa shape index (κ2) is 6.14. The number of hydrogen-bond donors (Lipinski definition) is 2. The lowest BCUT2D eigenvalue weighted by atomic mass is 10.1. The van der Waals surface area contributed by atoms with Crippen molar-refractivity contribution in [3.8, 4) is 0 Å². The van der Waals surface area contributed by atoms with Crippen LogP contribution in [0.2, 0.25) is 0 Å². The van der Waals surface area contributed by atoms with Gasteiger partial charge < -0.3 is 10.3 Å². The van der Waals surface area contributed by atoms with Crippen LogP contribution in [0.15, 0.2) is 47.4 Å². The molecule has 1 heterocycles. The van der Waals surface area contributed by atoms with Gasteiger partial charge in [-0.15, -0.1) is 0 Å². The molecule has 4 nitrogen and oxygen atoms in total. The Labute approximate surface area is 115 Å². The van der Waals surface area contributed by atoms with Crippen LogP contribution in [-0.4, -0.2) is 16.9 Å². The molecule has 0 aliphatic rings. The molecule has 1 unspecified atom stereocenters. The molecule has 0 saturated carbocycles. The van der Waals surface area contributed by atoms with E-state index in [4.69, 9.17) is 0 Å². The van der Waals surface area contributed by atoms with E-state index in [0.717, 1.165) is 5.56 Å². The van der Waals surface area contributed by atoms with E-state index < -0.39 is 0 Å². The zero-order valence-electron chi connectivity index (χ0n) is 11.0. The number of aromatic amines is 1. The number of pyridine rings is 1. The van der Waals surface area contributed by atoms with Crippen LogP contribution in [-0.2, 0) is 6.42 Å². The molecule has 1 aromatic carbocycles. The van der Waals surface area contributed by atoms with E-state index in [1.165, 1.54) is 24.4 Å². The second-order valence-electron chi connectivity index (χ2n) is 4.65. The summed E-state index contributed by atoms with van der Waals surface area (Å²) in [6.07, 6.45) is 2.02. The van der Waals surface area contributed by atoms with Crippen molar-refractivity contribution in [1.29, 1.82) is 0 Å². The van der Waals surface area contributed by atoms with E-state index in [2.05, 4.69) is 10.3 Å². The minimum atomic E-state index is -0.316. The standard InChI is InChI=1S/C15H15FN2O2/c1-10(8-11-2-4-13(16)5-3-11)18-15(20)12-6-7-17-14(19)9-12/h2-7,9-10H,8H2,1H3,(H,17,19)(H,18,20). The first kappa shape index (κ1) is 14.0. The molecule has 2 rings (SSSR count). The average molecular weight is 274 g/mol. The molecule has 0 fully saturated rings. The molecule has 0 spiro atoms. The average Bonchev–Trinajstić information content (AvgIpc) is 2.41. The Hall–Kier alpha value is -2.43. The van der Waals surface area contributed by atoms with E-state index in [0.29, 0.717) is 12.0 Å². The zero-order valence-corrected chi connectivity index (χ0v) is 11.0. The highest BCUT2D eigenvalue weighted by Gasteiger charge is 2.10. The highest BCUT2D eigenvalue weighted by Crippen LogP contribution is 2.06. The quantitative estimate of drug-likeness (QED) is 0.894. The fourth-order valence-electron chi connectivity index (χ4n) is 1.92. The van der Waals surface area contributed by atoms with Gasteiger partial charge in [-0.3, -0.25) is 9.59 Å². The predicted molar refractivity (Wildman–Crippen MR) is 74.1 cm³/mol. The number of nitrogens with one attached hydrogen (secondary N) is 2. The molecule has 0 aliphatic carbocycles. The second-order valence-corrected chi connectivity index (χ2v) is 4.65. The van der Waals surface area contributed by atoms with Crippen molar-refractivity contribution in [2.45, 2.75) is 19.4 Å². The summed E-state index contributed by atoms with van der Waals surface area (Å²) in [4.78, 5) is 25.5. The minimum Gasteiger partial charge on any atom is -0.349 e. The van der Waals surface area contributed by atoms with Crippen LogP contribution >= 0.6 is 0 Å². The first-order chi connectivity index (χ1) is 9.54. The summed E-state index contributed by atoms with van der Waals surface area (Å²) in [5.41, 5.74) is 0.939. The normalized spacial score (nSPS) is 11.9. The van der Waals surface area contributed by atoms with Crippen LogP contribution in [0.1, 0.15) is 22.8 Å². The minimum absolute atomic E-state index is 0.118. The number of rotatable bonds is 4. The Kier molecular flexibility index (Phi) is 4.30. The molecule has 0 bridgehead atoms. The fraction of sp³-hybridized carbons (Fsp3) is 0.200. The number of aromatic nitrogens is 1. The number of halogens is 1. The molecule has 5 heteroatoms. The van der Waals surface area contributed by atoms with Crippen molar-refractivity contribution in [3.05, 3.63) is 69.9 Å². The molecule has 104 valence electrons. The van der Waals surface area contributed by atoms with Crippen molar-refractivity contribution in [2.24, 2.45) is 0 Å². The predicted octanol–water partition coefficient (Wildman–Crippen LogP) is 1.88. The molecule has 20 heavy (non-hydrogen) atoms. The van der Waals surface area contributed by atoms with Crippen molar-refractivity contribution >= 4 is 5.91 Å². The molecular formula is C15H15FN2O2. The zero-order chi connectivity index (χ0) is 14.5. The fourth-order valence-corrected chi connectivity index (χ4v) is 1.92. The van der Waals surface area contributed by atoms with Crippen LogP contribution in [0.4, 0.5) is 4.39 Å². The maximum atomic E-state index is 12.8. The smallest absolute Gasteiger partial charge is 0.251 e. The van der Waals surface area contributed by atoms with Crippen LogP contribution in [0.5, 0.6) is 0 Å². The van der Waals surface area contributed by atoms with Crippen LogP contribution in [0.3, 0.4) is 0 Å². The van der Waals surface area contributed by atoms with Gasteiger partial charge in [0, 0.05) is 23.9 Å². The monoisotopic (exact) mass is 274 g/mol. The summed E-state index contributed by atoms with van der Waals surface area (Å²) < 4.78 is 12.8. The Morgan fingerprint density at radius 3 is 2.65 bits per heavy atom. The van der Waals surface area contributed by atoms with Gasteiger partial charge in [-0.1, -0.05) is 12.1 Å². The lowest BCUT2D eigenvalue weighted by molar-refractivity contribution is 0.0940. The summed E-state index contributed by atoms with van der Waals surface area (Å²) in [6, 6.07) is 8.83. The van der Waals surface area contributed by atoms with Crippen molar-refractivity contribution in [2.75, 3.05) is 0 Å². The van der Waals surface area contributed by atoms with Crippen LogP contribution in [0.25, 0.3) is 0 Å². The third kappa shape index (κ3) is 3.78. The first-order valence-corrected chi connectivity index (χ1v) is 6.28. The molecular weight excluding hydrogens is 259 g/mol. The Morgan fingerprint density at radius 2 is 2.00 bits per heavy atom. The summed E-state index contributed by atoms with van der Waals surface area (Å²) >= 11 is 0. The van der Waals surface area contributed by atoms with Gasteiger partial charge in [0.1, 0.15) is 5.82 Å². The van der Waals surface area contributed by atoms with Gasteiger partial charge in [0.2, 0.25) is 5.56 Å². The number of benzene rings is 1. The van der Waals surface area contributed by atoms with Crippen molar-refractivity contribution in [1.82, 2.24) is 10.3 Å². The molecule has 1 aromatic heterocycles. The Morgan fingerprint density at radius 1 is 1.30 bits per heavy atom. The molecule has 0 radical (unpaired) electrons. The van der Waals surface area contributed by atoms with Crippen molar-refractivity contribution in [3.63, 3.8) is 0 Å². The molecule has 0 saturated heterocycles. The van der Waals surface area contributed by atoms with E-state index in [9.17, 15) is 14.0 Å². The largest absolute Gasteiger partial charge is 0.349 e. The maximum absolute atomic E-state index is 12.8. The summed E-state index contributed by atoms with van der Waals surface area (Å²) in [7, 11) is 0. The van der Waals surface area contributed by atoms with E-state index in [1.54, 1.807) is 18.2 Å². The third-order valence-electron chi connectivity index (χ3n) is 2.87.